The van der Waals surface area contributed by atoms with Crippen LogP contribution in [0.2, 0.25) is 0 Å². The van der Waals surface area contributed by atoms with Crippen molar-refractivity contribution in [3.8, 4) is 0 Å². The van der Waals surface area contributed by atoms with Crippen molar-refractivity contribution in [3.63, 3.8) is 0 Å². The van der Waals surface area contributed by atoms with E-state index in [9.17, 15) is 0 Å². The Morgan fingerprint density at radius 3 is 1.35 bits per heavy atom. The molecule has 0 saturated heterocycles. The van der Waals surface area contributed by atoms with Crippen LogP contribution in [0.4, 0.5) is 0 Å². The van der Waals surface area contributed by atoms with Gasteiger partial charge in [-0.15, -0.1) is 0 Å². The Morgan fingerprint density at radius 1 is 0.581 bits per heavy atom. The number of hydrogen-bond donors (Lipinski definition) is 2. The maximum atomic E-state index is 5.97. The SMILES string of the molecule is CC(C)(C)CCCCCCCCCN=C(N)NCCCCCCCCCC(C)(C)C.[Na]. The van der Waals surface area contributed by atoms with E-state index >= 15 is 0 Å². The molecule has 1 radical (unpaired) electrons. The zero-order chi connectivity index (χ0) is 22.7. The van der Waals surface area contributed by atoms with Gasteiger partial charge in [0.15, 0.2) is 5.96 Å². The van der Waals surface area contributed by atoms with Crippen LogP contribution in [-0.4, -0.2) is 48.6 Å². The van der Waals surface area contributed by atoms with Gasteiger partial charge in [0.05, 0.1) is 0 Å². The Morgan fingerprint density at radius 2 is 0.935 bits per heavy atom. The van der Waals surface area contributed by atoms with Gasteiger partial charge in [-0.3, -0.25) is 4.99 Å². The summed E-state index contributed by atoms with van der Waals surface area (Å²) in [5.74, 6) is 0.638. The molecule has 4 heteroatoms. The molecule has 0 aliphatic heterocycles. The number of unbranched alkanes of at least 4 members (excludes halogenated alkanes) is 12. The van der Waals surface area contributed by atoms with E-state index in [1.54, 1.807) is 0 Å². The first kappa shape index (κ1) is 33.4. The summed E-state index contributed by atoms with van der Waals surface area (Å²) >= 11 is 0. The van der Waals surface area contributed by atoms with Crippen molar-refractivity contribution in [2.75, 3.05) is 13.1 Å². The molecule has 3 N–H and O–H groups in total. The average molecular weight is 447 g/mol. The monoisotopic (exact) mass is 446 g/mol. The molecule has 0 atom stereocenters. The van der Waals surface area contributed by atoms with Gasteiger partial charge in [0, 0.05) is 42.6 Å². The molecule has 0 aromatic rings. The molecule has 0 aliphatic rings. The molecule has 0 spiro atoms. The predicted octanol–water partition coefficient (Wildman–Crippen LogP) is 7.84. The first-order chi connectivity index (χ1) is 14.1. The normalized spacial score (nSPS) is 12.6. The van der Waals surface area contributed by atoms with Gasteiger partial charge in [-0.05, 0) is 36.5 Å². The van der Waals surface area contributed by atoms with Crippen molar-refractivity contribution in [1.29, 1.82) is 0 Å². The smallest absolute Gasteiger partial charge is 0.188 e. The van der Waals surface area contributed by atoms with Gasteiger partial charge >= 0.3 is 0 Å². The second-order valence-electron chi connectivity index (χ2n) is 11.8. The van der Waals surface area contributed by atoms with Crippen LogP contribution in [0.15, 0.2) is 4.99 Å². The van der Waals surface area contributed by atoms with Gasteiger partial charge in [0.2, 0.25) is 0 Å². The second kappa shape index (κ2) is 20.8. The fraction of sp³-hybridized carbons (Fsp3) is 0.963. The van der Waals surface area contributed by atoms with E-state index in [1.165, 1.54) is 103 Å². The minimum Gasteiger partial charge on any atom is -0.370 e. The zero-order valence-electron chi connectivity index (χ0n) is 22.8. The van der Waals surface area contributed by atoms with Crippen LogP contribution in [0.1, 0.15) is 144 Å². The van der Waals surface area contributed by atoms with Gasteiger partial charge in [-0.25, -0.2) is 0 Å². The third-order valence-electron chi connectivity index (χ3n) is 5.78. The Labute approximate surface area is 218 Å². The molecule has 0 unspecified atom stereocenters. The molecule has 3 nitrogen and oxygen atoms in total. The van der Waals surface area contributed by atoms with Gasteiger partial charge in [0.25, 0.3) is 0 Å². The average Bonchev–Trinajstić information content (AvgIpc) is 2.63. The predicted molar refractivity (Wildman–Crippen MR) is 143 cm³/mol. The van der Waals surface area contributed by atoms with Crippen molar-refractivity contribution in [2.45, 2.75) is 144 Å². The summed E-state index contributed by atoms with van der Waals surface area (Å²) in [6.45, 7) is 15.9. The molecule has 0 aromatic carbocycles. The van der Waals surface area contributed by atoms with E-state index in [2.05, 4.69) is 51.9 Å². The molecule has 0 amide bonds. The van der Waals surface area contributed by atoms with Gasteiger partial charge in [-0.2, -0.15) is 0 Å². The van der Waals surface area contributed by atoms with Crippen molar-refractivity contribution in [1.82, 2.24) is 5.32 Å². The third kappa shape index (κ3) is 30.3. The zero-order valence-corrected chi connectivity index (χ0v) is 24.8. The summed E-state index contributed by atoms with van der Waals surface area (Å²) < 4.78 is 0. The summed E-state index contributed by atoms with van der Waals surface area (Å²) in [7, 11) is 0. The summed E-state index contributed by atoms with van der Waals surface area (Å²) in [5, 5.41) is 3.28. The van der Waals surface area contributed by atoms with Crippen LogP contribution in [0, 0.1) is 10.8 Å². The molecule has 0 saturated carbocycles. The topological polar surface area (TPSA) is 50.4 Å². The molecule has 31 heavy (non-hydrogen) atoms. The minimum absolute atomic E-state index is 0. The summed E-state index contributed by atoms with van der Waals surface area (Å²) in [5.41, 5.74) is 6.97. The summed E-state index contributed by atoms with van der Waals surface area (Å²) in [6.07, 6.45) is 21.4. The number of aliphatic imine (C=N–C) groups is 1. The van der Waals surface area contributed by atoms with Crippen LogP contribution in [0.5, 0.6) is 0 Å². The van der Waals surface area contributed by atoms with Gasteiger partial charge in [0.1, 0.15) is 0 Å². The Balaban J connectivity index is 0. The van der Waals surface area contributed by atoms with Crippen molar-refractivity contribution in [3.05, 3.63) is 0 Å². The van der Waals surface area contributed by atoms with Crippen molar-refractivity contribution >= 4 is 35.5 Å². The number of nitrogens with one attached hydrogen (secondary N) is 1. The Kier molecular flexibility index (Phi) is 22.5. The molecule has 0 fully saturated rings. The van der Waals surface area contributed by atoms with E-state index in [0.29, 0.717) is 16.8 Å². The van der Waals surface area contributed by atoms with Crippen molar-refractivity contribution < 1.29 is 0 Å². The number of nitrogens with zero attached hydrogens (tertiary/aromatic N) is 1. The second-order valence-corrected chi connectivity index (χ2v) is 11.8. The fourth-order valence-corrected chi connectivity index (χ4v) is 3.79. The van der Waals surface area contributed by atoms with E-state index in [4.69, 9.17) is 5.73 Å². The third-order valence-corrected chi connectivity index (χ3v) is 5.78. The van der Waals surface area contributed by atoms with E-state index in [1.807, 2.05) is 0 Å². The fourth-order valence-electron chi connectivity index (χ4n) is 3.79. The number of nitrogens with two attached hydrogens (primary N) is 1. The first-order valence-electron chi connectivity index (χ1n) is 13.1. The van der Waals surface area contributed by atoms with E-state index < -0.39 is 0 Å². The first-order valence-corrected chi connectivity index (χ1v) is 13.1. The number of hydrogen-bond acceptors (Lipinski definition) is 1. The maximum Gasteiger partial charge on any atom is 0.188 e. The van der Waals surface area contributed by atoms with Crippen LogP contribution < -0.4 is 11.1 Å². The van der Waals surface area contributed by atoms with Crippen LogP contribution in [0.25, 0.3) is 0 Å². The molecule has 0 heterocycles. The molecule has 0 aromatic heterocycles. The van der Waals surface area contributed by atoms with E-state index in [0.717, 1.165) is 13.1 Å². The van der Waals surface area contributed by atoms with Crippen LogP contribution in [-0.2, 0) is 0 Å². The standard InChI is InChI=1S/C27H57N3.Na/c1-26(2,3)21-17-13-9-7-11-15-19-23-29-25(28)30-24-20-16-12-8-10-14-18-22-27(4,5)6;/h7-24H2,1-6H3,(H3,28,29,30);. The van der Waals surface area contributed by atoms with Crippen molar-refractivity contribution in [2.24, 2.45) is 21.6 Å². The van der Waals surface area contributed by atoms with Gasteiger partial charge in [-0.1, -0.05) is 119 Å². The summed E-state index contributed by atoms with van der Waals surface area (Å²) in [6, 6.07) is 0. The number of rotatable bonds is 18. The quantitative estimate of drug-likeness (QED) is 0.0974. The maximum absolute atomic E-state index is 5.97. The van der Waals surface area contributed by atoms with E-state index in [-0.39, 0.29) is 29.6 Å². The number of guanidine groups is 1. The molecule has 181 valence electrons. The summed E-state index contributed by atoms with van der Waals surface area (Å²) in [4.78, 5) is 4.47. The Hall–Kier alpha value is 0.270. The minimum atomic E-state index is 0. The molecular formula is C27H57N3Na. The largest absolute Gasteiger partial charge is 0.370 e. The Bertz CT molecular complexity index is 408. The molecule has 0 aliphatic carbocycles. The van der Waals surface area contributed by atoms with Crippen LogP contribution >= 0.6 is 0 Å². The molecule has 0 bridgehead atoms. The van der Waals surface area contributed by atoms with Crippen LogP contribution in [0.3, 0.4) is 0 Å². The molecular weight excluding hydrogens is 389 g/mol. The van der Waals surface area contributed by atoms with Gasteiger partial charge < -0.3 is 11.1 Å². The molecule has 0 rings (SSSR count).